The van der Waals surface area contributed by atoms with E-state index in [-0.39, 0.29) is 22.7 Å². The standard InChI is InChI=1S/C19H28O4/c1-18-9-13(21)6-14(17(22)23)15(18)4-5-19-7-11(2-3-16(18)19)12(8-19)10-20/h10-16,21H,2-9H2,1H3,(H,22,23)/t11-,12-,13+,14+,15+,16?,18+,19?/m0/s1. The van der Waals surface area contributed by atoms with Gasteiger partial charge in [0, 0.05) is 5.92 Å². The molecule has 0 radical (unpaired) electrons. The smallest absolute Gasteiger partial charge is 0.306 e. The Morgan fingerprint density at radius 1 is 1.17 bits per heavy atom. The Morgan fingerprint density at radius 2 is 1.96 bits per heavy atom. The normalized spacial score (nSPS) is 54.9. The fourth-order valence-electron chi connectivity index (χ4n) is 7.55. The first-order valence-corrected chi connectivity index (χ1v) is 9.26. The predicted molar refractivity (Wildman–Crippen MR) is 84.6 cm³/mol. The molecular weight excluding hydrogens is 292 g/mol. The van der Waals surface area contributed by atoms with E-state index in [0.717, 1.165) is 44.9 Å². The molecule has 4 rings (SSSR count). The molecule has 128 valence electrons. The Morgan fingerprint density at radius 3 is 2.65 bits per heavy atom. The van der Waals surface area contributed by atoms with Crippen LogP contribution >= 0.6 is 0 Å². The maximum absolute atomic E-state index is 11.8. The summed E-state index contributed by atoms with van der Waals surface area (Å²) in [5, 5.41) is 20.0. The summed E-state index contributed by atoms with van der Waals surface area (Å²) in [6, 6.07) is 0. The summed E-state index contributed by atoms with van der Waals surface area (Å²) in [6.45, 7) is 2.25. The van der Waals surface area contributed by atoms with Crippen LogP contribution in [0.2, 0.25) is 0 Å². The number of hydrogen-bond acceptors (Lipinski definition) is 3. The van der Waals surface area contributed by atoms with E-state index in [1.54, 1.807) is 0 Å². The number of carboxylic acid groups (broad SMARTS) is 1. The van der Waals surface area contributed by atoms with Gasteiger partial charge in [-0.1, -0.05) is 6.92 Å². The van der Waals surface area contributed by atoms with Crippen molar-refractivity contribution in [2.24, 2.45) is 40.4 Å². The Balaban J connectivity index is 1.71. The van der Waals surface area contributed by atoms with Gasteiger partial charge in [-0.15, -0.1) is 0 Å². The summed E-state index contributed by atoms with van der Waals surface area (Å²) in [6.07, 6.45) is 8.24. The van der Waals surface area contributed by atoms with E-state index in [9.17, 15) is 19.8 Å². The summed E-state index contributed by atoms with van der Waals surface area (Å²) in [7, 11) is 0. The molecule has 2 unspecified atom stereocenters. The molecule has 4 aliphatic carbocycles. The summed E-state index contributed by atoms with van der Waals surface area (Å²) >= 11 is 0. The van der Waals surface area contributed by atoms with Crippen molar-refractivity contribution in [2.45, 2.75) is 64.4 Å². The van der Waals surface area contributed by atoms with Gasteiger partial charge in [0.2, 0.25) is 0 Å². The molecule has 0 aromatic carbocycles. The highest BCUT2D eigenvalue weighted by molar-refractivity contribution is 5.71. The molecule has 4 aliphatic rings. The van der Waals surface area contributed by atoms with Crippen molar-refractivity contribution in [3.05, 3.63) is 0 Å². The van der Waals surface area contributed by atoms with Crippen LogP contribution in [0.25, 0.3) is 0 Å². The number of fused-ring (bicyclic) bond motifs is 3. The number of aliphatic carboxylic acids is 1. The van der Waals surface area contributed by atoms with E-state index >= 15 is 0 Å². The van der Waals surface area contributed by atoms with Crippen LogP contribution in [0.5, 0.6) is 0 Å². The monoisotopic (exact) mass is 320 g/mol. The van der Waals surface area contributed by atoms with Gasteiger partial charge >= 0.3 is 5.97 Å². The first-order chi connectivity index (χ1) is 10.9. The predicted octanol–water partition coefficient (Wildman–Crippen LogP) is 2.88. The summed E-state index contributed by atoms with van der Waals surface area (Å²) in [4.78, 5) is 23.2. The molecule has 2 N–H and O–H groups in total. The second-order valence-electron chi connectivity index (χ2n) is 9.15. The second-order valence-corrected chi connectivity index (χ2v) is 9.15. The summed E-state index contributed by atoms with van der Waals surface area (Å²) < 4.78 is 0. The van der Waals surface area contributed by atoms with E-state index in [1.807, 2.05) is 0 Å². The Bertz CT molecular complexity index is 531. The molecule has 0 aromatic rings. The average Bonchev–Trinajstić information content (AvgIpc) is 2.76. The highest BCUT2D eigenvalue weighted by Gasteiger charge is 2.64. The van der Waals surface area contributed by atoms with Crippen LogP contribution in [0.1, 0.15) is 58.3 Å². The molecular formula is C19H28O4. The third-order valence-corrected chi connectivity index (χ3v) is 8.26. The van der Waals surface area contributed by atoms with Gasteiger partial charge in [-0.2, -0.15) is 0 Å². The van der Waals surface area contributed by atoms with Gasteiger partial charge in [-0.05, 0) is 80.0 Å². The van der Waals surface area contributed by atoms with E-state index in [2.05, 4.69) is 6.92 Å². The lowest BCUT2D eigenvalue weighted by Crippen LogP contribution is -2.57. The number of aliphatic hydroxyl groups excluding tert-OH is 1. The number of hydrogen-bond donors (Lipinski definition) is 2. The quantitative estimate of drug-likeness (QED) is 0.767. The molecule has 4 fully saturated rings. The van der Waals surface area contributed by atoms with Crippen LogP contribution in [0, 0.1) is 40.4 Å². The van der Waals surface area contributed by atoms with Gasteiger partial charge in [0.1, 0.15) is 6.29 Å². The number of aliphatic hydroxyl groups is 1. The van der Waals surface area contributed by atoms with Crippen molar-refractivity contribution in [2.75, 3.05) is 0 Å². The molecule has 8 atom stereocenters. The number of aldehydes is 1. The van der Waals surface area contributed by atoms with Crippen LogP contribution in [-0.2, 0) is 9.59 Å². The minimum Gasteiger partial charge on any atom is -0.481 e. The third kappa shape index (κ3) is 2.06. The van der Waals surface area contributed by atoms with Crippen molar-refractivity contribution in [1.29, 1.82) is 0 Å². The fourth-order valence-corrected chi connectivity index (χ4v) is 7.55. The SMILES string of the molecule is C[C@@]12C[C@H](O)C[C@@H](C(=O)O)[C@H]1CCC13C[C@H](CCC12)[C@H](C=O)C3. The first-order valence-electron chi connectivity index (χ1n) is 9.26. The van der Waals surface area contributed by atoms with Gasteiger partial charge in [0.05, 0.1) is 12.0 Å². The van der Waals surface area contributed by atoms with Gasteiger partial charge in [-0.25, -0.2) is 0 Å². The Labute approximate surface area is 137 Å². The molecule has 0 aliphatic heterocycles. The minimum atomic E-state index is -0.734. The van der Waals surface area contributed by atoms with Crippen molar-refractivity contribution >= 4 is 12.3 Å². The highest BCUT2D eigenvalue weighted by atomic mass is 16.4. The van der Waals surface area contributed by atoms with Crippen LogP contribution in [0.4, 0.5) is 0 Å². The zero-order valence-corrected chi connectivity index (χ0v) is 13.9. The highest BCUT2D eigenvalue weighted by Crippen LogP contribution is 2.70. The Hall–Kier alpha value is -0.900. The first kappa shape index (κ1) is 15.6. The molecule has 23 heavy (non-hydrogen) atoms. The fraction of sp³-hybridized carbons (Fsp3) is 0.895. The zero-order chi connectivity index (χ0) is 16.4. The zero-order valence-electron chi connectivity index (χ0n) is 13.9. The van der Waals surface area contributed by atoms with Crippen LogP contribution < -0.4 is 0 Å². The lowest BCUT2D eigenvalue weighted by molar-refractivity contribution is -0.173. The van der Waals surface area contributed by atoms with Gasteiger partial charge in [0.15, 0.2) is 0 Å². The molecule has 0 amide bonds. The maximum atomic E-state index is 11.8. The number of carbonyl (C=O) groups is 2. The molecule has 4 saturated carbocycles. The molecule has 0 heterocycles. The van der Waals surface area contributed by atoms with E-state index in [4.69, 9.17) is 0 Å². The van der Waals surface area contributed by atoms with E-state index in [0.29, 0.717) is 18.3 Å². The molecule has 2 bridgehead atoms. The van der Waals surface area contributed by atoms with Crippen LogP contribution in [-0.4, -0.2) is 28.6 Å². The van der Waals surface area contributed by atoms with Gasteiger partial charge < -0.3 is 15.0 Å². The summed E-state index contributed by atoms with van der Waals surface area (Å²) in [5.74, 6) is 0.290. The second kappa shape index (κ2) is 5.05. The third-order valence-electron chi connectivity index (χ3n) is 8.26. The topological polar surface area (TPSA) is 74.6 Å². The van der Waals surface area contributed by atoms with Crippen LogP contribution in [0.15, 0.2) is 0 Å². The molecule has 0 aromatic heterocycles. The molecule has 4 nitrogen and oxygen atoms in total. The van der Waals surface area contributed by atoms with Crippen molar-refractivity contribution in [1.82, 2.24) is 0 Å². The van der Waals surface area contributed by atoms with Crippen molar-refractivity contribution in [3.63, 3.8) is 0 Å². The molecule has 4 heteroatoms. The Kier molecular flexibility index (Phi) is 3.43. The van der Waals surface area contributed by atoms with Crippen molar-refractivity contribution < 1.29 is 19.8 Å². The van der Waals surface area contributed by atoms with E-state index < -0.39 is 18.0 Å². The van der Waals surface area contributed by atoms with Crippen LogP contribution in [0.3, 0.4) is 0 Å². The lowest BCUT2D eigenvalue weighted by Gasteiger charge is -2.61. The minimum absolute atomic E-state index is 0.0816. The molecule has 0 saturated heterocycles. The number of carboxylic acids is 1. The average molecular weight is 320 g/mol. The van der Waals surface area contributed by atoms with Gasteiger partial charge in [0.25, 0.3) is 0 Å². The summed E-state index contributed by atoms with van der Waals surface area (Å²) in [5.41, 5.74) is 0.154. The van der Waals surface area contributed by atoms with Gasteiger partial charge in [-0.3, -0.25) is 4.79 Å². The molecule has 1 spiro atoms. The number of rotatable bonds is 2. The lowest BCUT2D eigenvalue weighted by atomic mass is 9.43. The van der Waals surface area contributed by atoms with Crippen molar-refractivity contribution in [3.8, 4) is 0 Å². The van der Waals surface area contributed by atoms with E-state index in [1.165, 1.54) is 6.29 Å². The number of carbonyl (C=O) groups excluding carboxylic acids is 1. The maximum Gasteiger partial charge on any atom is 0.306 e. The largest absolute Gasteiger partial charge is 0.481 e.